The molecule has 4 rings (SSSR count). The fourth-order valence-electron chi connectivity index (χ4n) is 2.67. The molecule has 28 heavy (non-hydrogen) atoms. The largest absolute Gasteiger partial charge is 0.457 e. The highest BCUT2D eigenvalue weighted by molar-refractivity contribution is 8.27. The van der Waals surface area contributed by atoms with Crippen molar-refractivity contribution >= 4 is 80.8 Å². The van der Waals surface area contributed by atoms with Crippen molar-refractivity contribution in [1.29, 1.82) is 0 Å². The summed E-state index contributed by atoms with van der Waals surface area (Å²) >= 11 is 24.6. The fourth-order valence-corrected chi connectivity index (χ4v) is 4.43. The fraction of sp³-hybridized carbons (Fsp3) is 0. The second kappa shape index (κ2) is 7.93. The van der Waals surface area contributed by atoms with E-state index in [4.69, 9.17) is 51.4 Å². The van der Waals surface area contributed by atoms with Gasteiger partial charge in [0.2, 0.25) is 0 Å². The number of thiocarbonyl (C=S) groups is 1. The molecule has 1 aromatic heterocycles. The SMILES string of the molecule is O=C1/C(=C/c2ccc(-c3ccc(Cl)c(Cl)c3)o2)SC(=S)N1c1cccc(Cl)c1. The van der Waals surface area contributed by atoms with E-state index in [2.05, 4.69) is 0 Å². The minimum Gasteiger partial charge on any atom is -0.457 e. The van der Waals surface area contributed by atoms with Crippen LogP contribution in [0.2, 0.25) is 15.1 Å². The predicted octanol–water partition coefficient (Wildman–Crippen LogP) is 7.31. The smallest absolute Gasteiger partial charge is 0.270 e. The van der Waals surface area contributed by atoms with Gasteiger partial charge in [0.25, 0.3) is 5.91 Å². The van der Waals surface area contributed by atoms with E-state index in [1.54, 1.807) is 48.5 Å². The number of anilines is 1. The molecule has 2 heterocycles. The Balaban J connectivity index is 1.61. The Bertz CT molecular complexity index is 1140. The lowest BCUT2D eigenvalue weighted by molar-refractivity contribution is -0.113. The highest BCUT2D eigenvalue weighted by Gasteiger charge is 2.33. The van der Waals surface area contributed by atoms with Crippen molar-refractivity contribution in [3.63, 3.8) is 0 Å². The van der Waals surface area contributed by atoms with Crippen molar-refractivity contribution < 1.29 is 9.21 Å². The lowest BCUT2D eigenvalue weighted by atomic mass is 10.2. The van der Waals surface area contributed by atoms with E-state index in [1.165, 1.54) is 16.7 Å². The first-order valence-corrected chi connectivity index (χ1v) is 10.4. The maximum absolute atomic E-state index is 12.8. The van der Waals surface area contributed by atoms with Gasteiger partial charge >= 0.3 is 0 Å². The number of hydrogen-bond donors (Lipinski definition) is 0. The highest BCUT2D eigenvalue weighted by atomic mass is 35.5. The number of carbonyl (C=O) groups is 1. The van der Waals surface area contributed by atoms with Crippen LogP contribution in [0, 0.1) is 0 Å². The van der Waals surface area contributed by atoms with Crippen molar-refractivity contribution in [1.82, 2.24) is 0 Å². The van der Waals surface area contributed by atoms with Crippen LogP contribution in [0.5, 0.6) is 0 Å². The van der Waals surface area contributed by atoms with Crippen molar-refractivity contribution in [3.8, 4) is 11.3 Å². The van der Waals surface area contributed by atoms with Gasteiger partial charge in [0, 0.05) is 16.7 Å². The van der Waals surface area contributed by atoms with Crippen LogP contribution >= 0.6 is 58.8 Å². The number of carbonyl (C=O) groups excluding carboxylic acids is 1. The summed E-state index contributed by atoms with van der Waals surface area (Å²) in [5.74, 6) is 0.938. The van der Waals surface area contributed by atoms with Gasteiger partial charge in [0.05, 0.1) is 20.6 Å². The maximum atomic E-state index is 12.8. The summed E-state index contributed by atoms with van der Waals surface area (Å²) in [7, 11) is 0. The molecule has 0 unspecified atom stereocenters. The maximum Gasteiger partial charge on any atom is 0.270 e. The van der Waals surface area contributed by atoms with Crippen LogP contribution in [0.4, 0.5) is 5.69 Å². The number of rotatable bonds is 3. The van der Waals surface area contributed by atoms with Crippen LogP contribution in [0.15, 0.2) is 63.9 Å². The average molecular weight is 467 g/mol. The summed E-state index contributed by atoms with van der Waals surface area (Å²) in [6, 6.07) is 15.8. The molecule has 3 aromatic rings. The average Bonchev–Trinajstić information content (AvgIpc) is 3.22. The normalized spacial score (nSPS) is 15.7. The summed E-state index contributed by atoms with van der Waals surface area (Å²) < 4.78 is 6.28. The molecule has 1 aliphatic heterocycles. The van der Waals surface area contributed by atoms with E-state index >= 15 is 0 Å². The first-order valence-electron chi connectivity index (χ1n) is 8.01. The lowest BCUT2D eigenvalue weighted by Gasteiger charge is -2.14. The van der Waals surface area contributed by atoms with Gasteiger partial charge in [-0.25, -0.2) is 0 Å². The number of benzene rings is 2. The quantitative estimate of drug-likeness (QED) is 0.299. The van der Waals surface area contributed by atoms with Gasteiger partial charge in [0.15, 0.2) is 4.32 Å². The first kappa shape index (κ1) is 19.6. The molecule has 2 aromatic carbocycles. The summed E-state index contributed by atoms with van der Waals surface area (Å²) in [5.41, 5.74) is 1.43. The number of furan rings is 1. The molecular formula is C20H10Cl3NO2S2. The van der Waals surface area contributed by atoms with E-state index in [0.29, 0.717) is 41.5 Å². The zero-order valence-electron chi connectivity index (χ0n) is 14.0. The minimum atomic E-state index is -0.218. The van der Waals surface area contributed by atoms with Gasteiger partial charge in [0.1, 0.15) is 11.5 Å². The van der Waals surface area contributed by atoms with Crippen LogP contribution in [0.25, 0.3) is 17.4 Å². The number of amides is 1. The topological polar surface area (TPSA) is 33.5 Å². The van der Waals surface area contributed by atoms with Crippen molar-refractivity contribution in [2.75, 3.05) is 4.90 Å². The minimum absolute atomic E-state index is 0.218. The molecule has 0 spiro atoms. The molecule has 8 heteroatoms. The van der Waals surface area contributed by atoms with Crippen LogP contribution in [-0.2, 0) is 4.79 Å². The number of hydrogen-bond acceptors (Lipinski definition) is 4. The molecule has 0 aliphatic carbocycles. The van der Waals surface area contributed by atoms with E-state index in [0.717, 1.165) is 5.56 Å². The molecule has 1 aliphatic rings. The van der Waals surface area contributed by atoms with Gasteiger partial charge < -0.3 is 4.42 Å². The third kappa shape index (κ3) is 3.86. The molecule has 0 atom stereocenters. The van der Waals surface area contributed by atoms with Crippen LogP contribution < -0.4 is 4.90 Å². The molecule has 0 radical (unpaired) electrons. The number of halogens is 3. The summed E-state index contributed by atoms with van der Waals surface area (Å²) in [6.07, 6.45) is 1.67. The zero-order valence-corrected chi connectivity index (χ0v) is 17.9. The van der Waals surface area contributed by atoms with Crippen molar-refractivity contribution in [2.45, 2.75) is 0 Å². The Kier molecular flexibility index (Phi) is 5.54. The van der Waals surface area contributed by atoms with Gasteiger partial charge in [-0.2, -0.15) is 0 Å². The van der Waals surface area contributed by atoms with Gasteiger partial charge in [-0.15, -0.1) is 0 Å². The molecule has 3 nitrogen and oxygen atoms in total. The van der Waals surface area contributed by atoms with Gasteiger partial charge in [-0.1, -0.05) is 64.8 Å². The van der Waals surface area contributed by atoms with Crippen molar-refractivity contribution in [2.24, 2.45) is 0 Å². The Morgan fingerprint density at radius 1 is 1.00 bits per heavy atom. The van der Waals surface area contributed by atoms with Crippen molar-refractivity contribution in [3.05, 3.63) is 80.3 Å². The molecule has 0 N–H and O–H groups in total. The number of nitrogens with zero attached hydrogens (tertiary/aromatic N) is 1. The predicted molar refractivity (Wildman–Crippen MR) is 121 cm³/mol. The Labute approximate surface area is 185 Å². The van der Waals surface area contributed by atoms with E-state index in [9.17, 15) is 4.79 Å². The van der Waals surface area contributed by atoms with Gasteiger partial charge in [-0.3, -0.25) is 9.69 Å². The second-order valence-electron chi connectivity index (χ2n) is 5.83. The molecular weight excluding hydrogens is 457 g/mol. The third-order valence-corrected chi connectivity index (χ3v) is 6.24. The lowest BCUT2D eigenvalue weighted by Crippen LogP contribution is -2.27. The van der Waals surface area contributed by atoms with Gasteiger partial charge in [-0.05, 0) is 48.5 Å². The second-order valence-corrected chi connectivity index (χ2v) is 8.75. The molecule has 0 saturated carbocycles. The molecule has 1 fully saturated rings. The molecule has 140 valence electrons. The zero-order chi connectivity index (χ0) is 19.8. The molecule has 0 bridgehead atoms. The number of thioether (sulfide) groups is 1. The monoisotopic (exact) mass is 465 g/mol. The Hall–Kier alpha value is -1.76. The van der Waals surface area contributed by atoms with Crippen LogP contribution in [0.3, 0.4) is 0 Å². The summed E-state index contributed by atoms with van der Waals surface area (Å²) in [4.78, 5) is 14.8. The molecule has 1 amide bonds. The Morgan fingerprint density at radius 2 is 1.82 bits per heavy atom. The van der Waals surface area contributed by atoms with E-state index < -0.39 is 0 Å². The summed E-state index contributed by atoms with van der Waals surface area (Å²) in [5, 5.41) is 1.45. The molecule has 1 saturated heterocycles. The Morgan fingerprint density at radius 3 is 2.57 bits per heavy atom. The first-order chi connectivity index (χ1) is 13.4. The summed E-state index contributed by atoms with van der Waals surface area (Å²) in [6.45, 7) is 0. The van der Waals surface area contributed by atoms with Crippen LogP contribution in [0.1, 0.15) is 5.76 Å². The van der Waals surface area contributed by atoms with Crippen LogP contribution in [-0.4, -0.2) is 10.2 Å². The van der Waals surface area contributed by atoms with E-state index in [1.807, 2.05) is 12.1 Å². The highest BCUT2D eigenvalue weighted by Crippen LogP contribution is 2.37. The third-order valence-electron chi connectivity index (χ3n) is 3.96. The standard InChI is InChI=1S/C20H10Cl3NO2S2/c21-12-2-1-3-13(9-12)24-19(25)18(28-20(24)27)10-14-5-7-17(26-14)11-4-6-15(22)16(23)8-11/h1-10H/b18-10-. The van der Waals surface area contributed by atoms with E-state index in [-0.39, 0.29) is 5.91 Å².